The van der Waals surface area contributed by atoms with E-state index in [9.17, 15) is 5.26 Å². The molecule has 2 nitrogen and oxygen atoms in total. The van der Waals surface area contributed by atoms with Gasteiger partial charge in [-0.15, -0.1) is 0 Å². The summed E-state index contributed by atoms with van der Waals surface area (Å²) < 4.78 is 0. The maximum absolute atomic E-state index is 9.66. The maximum Gasteiger partial charge on any atom is 0.0991 e. The summed E-state index contributed by atoms with van der Waals surface area (Å²) in [6.45, 7) is 4.56. The van der Waals surface area contributed by atoms with Crippen molar-refractivity contribution in [3.05, 3.63) is 162 Å². The molecule has 0 spiro atoms. The van der Waals surface area contributed by atoms with Gasteiger partial charge in [0.15, 0.2) is 0 Å². The number of nitrogens with zero attached hydrogens (tertiary/aromatic N) is 2. The molecule has 0 unspecified atom stereocenters. The quantitative estimate of drug-likeness (QED) is 0.180. The van der Waals surface area contributed by atoms with E-state index < -0.39 is 0 Å². The van der Waals surface area contributed by atoms with Crippen molar-refractivity contribution in [1.82, 2.24) is 4.98 Å². The van der Waals surface area contributed by atoms with Crippen molar-refractivity contribution in [1.29, 1.82) is 5.26 Å². The normalized spacial score (nSPS) is 13.2. The van der Waals surface area contributed by atoms with Gasteiger partial charge in [-0.25, -0.2) is 4.98 Å². The van der Waals surface area contributed by atoms with E-state index in [1.54, 1.807) is 0 Å². The van der Waals surface area contributed by atoms with Gasteiger partial charge in [-0.3, -0.25) is 0 Å². The van der Waals surface area contributed by atoms with Crippen molar-refractivity contribution in [2.24, 2.45) is 0 Å². The zero-order valence-electron chi connectivity index (χ0n) is 27.3. The van der Waals surface area contributed by atoms with Crippen molar-refractivity contribution in [2.45, 2.75) is 19.3 Å². The summed E-state index contributed by atoms with van der Waals surface area (Å²) >= 11 is 0. The van der Waals surface area contributed by atoms with Crippen LogP contribution in [0.15, 0.2) is 146 Å². The minimum Gasteiger partial charge on any atom is -0.246 e. The molecular formula is C47H30N2. The molecule has 0 fully saturated rings. The van der Waals surface area contributed by atoms with Crippen LogP contribution in [0.5, 0.6) is 0 Å². The summed E-state index contributed by atoms with van der Waals surface area (Å²) in [5, 5.41) is 20.6. The molecule has 0 radical (unpaired) electrons. The first-order valence-electron chi connectivity index (χ1n) is 16.9. The third-order valence-corrected chi connectivity index (χ3v) is 10.8. The Kier molecular flexibility index (Phi) is 5.73. The lowest BCUT2D eigenvalue weighted by Gasteiger charge is -2.23. The van der Waals surface area contributed by atoms with E-state index in [4.69, 9.17) is 4.98 Å². The predicted molar refractivity (Wildman–Crippen MR) is 205 cm³/mol. The Morgan fingerprint density at radius 1 is 0.469 bits per heavy atom. The van der Waals surface area contributed by atoms with Crippen LogP contribution < -0.4 is 0 Å². The third kappa shape index (κ3) is 3.85. The van der Waals surface area contributed by atoms with Gasteiger partial charge in [-0.2, -0.15) is 5.26 Å². The Labute approximate surface area is 284 Å². The summed E-state index contributed by atoms with van der Waals surface area (Å²) in [6.07, 6.45) is 0. The summed E-state index contributed by atoms with van der Waals surface area (Å²) in [5.74, 6) is 0. The number of pyridine rings is 1. The van der Waals surface area contributed by atoms with E-state index >= 15 is 0 Å². The molecule has 0 saturated carbocycles. The fraction of sp³-hybridized carbons (Fsp3) is 0.0638. The summed E-state index contributed by atoms with van der Waals surface area (Å²) in [7, 11) is 0. The molecule has 0 saturated heterocycles. The van der Waals surface area contributed by atoms with Crippen LogP contribution in [0.4, 0.5) is 0 Å². The molecule has 0 N–H and O–H groups in total. The fourth-order valence-electron chi connectivity index (χ4n) is 8.52. The van der Waals surface area contributed by atoms with E-state index in [2.05, 4.69) is 159 Å². The average molecular weight is 623 g/mol. The summed E-state index contributed by atoms with van der Waals surface area (Å²) in [5.41, 5.74) is 10.9. The van der Waals surface area contributed by atoms with Crippen LogP contribution in [0.1, 0.15) is 30.5 Å². The molecule has 10 rings (SSSR count). The molecule has 1 heterocycles. The van der Waals surface area contributed by atoms with Crippen LogP contribution in [0.3, 0.4) is 0 Å². The Balaban J connectivity index is 1.36. The SMILES string of the molecule is CC1(C)c2cc(C#N)ccc2-c2ccc(-c3cc4c(-c5ccccc5)nc5c6ccccc6c6ccccc6c5c4c4ccccc34)cc21. The number of nitriles is 1. The van der Waals surface area contributed by atoms with Crippen molar-refractivity contribution < 1.29 is 0 Å². The van der Waals surface area contributed by atoms with E-state index in [1.165, 1.54) is 76.5 Å². The summed E-state index contributed by atoms with van der Waals surface area (Å²) in [4.78, 5) is 5.59. The number of hydrogen-bond donors (Lipinski definition) is 0. The molecule has 8 aromatic carbocycles. The van der Waals surface area contributed by atoms with Gasteiger partial charge >= 0.3 is 0 Å². The predicted octanol–water partition coefficient (Wildman–Crippen LogP) is 12.4. The van der Waals surface area contributed by atoms with Gasteiger partial charge in [0.05, 0.1) is 22.8 Å². The Morgan fingerprint density at radius 2 is 1.04 bits per heavy atom. The molecule has 1 aliphatic carbocycles. The van der Waals surface area contributed by atoms with Crippen LogP contribution in [-0.2, 0) is 5.41 Å². The van der Waals surface area contributed by atoms with E-state index in [1.807, 2.05) is 6.07 Å². The second-order valence-corrected chi connectivity index (χ2v) is 13.8. The average Bonchev–Trinajstić information content (AvgIpc) is 3.39. The highest BCUT2D eigenvalue weighted by Crippen LogP contribution is 2.51. The van der Waals surface area contributed by atoms with Gasteiger partial charge in [-0.05, 0) is 84.6 Å². The number of rotatable bonds is 2. The maximum atomic E-state index is 9.66. The second-order valence-electron chi connectivity index (χ2n) is 13.8. The first-order valence-corrected chi connectivity index (χ1v) is 16.9. The van der Waals surface area contributed by atoms with Crippen molar-refractivity contribution in [2.75, 3.05) is 0 Å². The highest BCUT2D eigenvalue weighted by molar-refractivity contribution is 6.36. The van der Waals surface area contributed by atoms with Crippen molar-refractivity contribution >= 4 is 54.0 Å². The third-order valence-electron chi connectivity index (χ3n) is 10.8. The van der Waals surface area contributed by atoms with Gasteiger partial charge in [0.25, 0.3) is 0 Å². The highest BCUT2D eigenvalue weighted by atomic mass is 14.7. The second kappa shape index (κ2) is 10.1. The number of fused-ring (bicyclic) bond motifs is 13. The molecule has 228 valence electrons. The smallest absolute Gasteiger partial charge is 0.0991 e. The lowest BCUT2D eigenvalue weighted by Crippen LogP contribution is -2.15. The van der Waals surface area contributed by atoms with Gasteiger partial charge in [0.2, 0.25) is 0 Å². The molecule has 0 aliphatic heterocycles. The molecule has 0 atom stereocenters. The van der Waals surface area contributed by atoms with Crippen LogP contribution in [0, 0.1) is 11.3 Å². The number of aromatic nitrogens is 1. The van der Waals surface area contributed by atoms with E-state index in [0.717, 1.165) is 22.2 Å². The molecular weight excluding hydrogens is 593 g/mol. The Hall–Kier alpha value is -6.30. The highest BCUT2D eigenvalue weighted by Gasteiger charge is 2.36. The van der Waals surface area contributed by atoms with Crippen LogP contribution in [0.25, 0.3) is 87.5 Å². The molecule has 49 heavy (non-hydrogen) atoms. The molecule has 9 aromatic rings. The molecule has 2 heteroatoms. The van der Waals surface area contributed by atoms with E-state index in [0.29, 0.717) is 5.56 Å². The summed E-state index contributed by atoms with van der Waals surface area (Å²) in [6, 6.07) is 54.8. The lowest BCUT2D eigenvalue weighted by atomic mass is 9.80. The zero-order chi connectivity index (χ0) is 32.9. The van der Waals surface area contributed by atoms with Gasteiger partial charge in [-0.1, -0.05) is 135 Å². The first kappa shape index (κ1) is 27.8. The minimum atomic E-state index is -0.229. The van der Waals surface area contributed by atoms with Crippen molar-refractivity contribution in [3.63, 3.8) is 0 Å². The Bertz CT molecular complexity index is 2910. The topological polar surface area (TPSA) is 36.7 Å². The monoisotopic (exact) mass is 622 g/mol. The molecule has 0 bridgehead atoms. The van der Waals surface area contributed by atoms with Gasteiger partial charge < -0.3 is 0 Å². The minimum absolute atomic E-state index is 0.229. The number of hydrogen-bond acceptors (Lipinski definition) is 2. The Morgan fingerprint density at radius 3 is 1.76 bits per heavy atom. The molecule has 1 aromatic heterocycles. The van der Waals surface area contributed by atoms with Gasteiger partial charge in [0, 0.05) is 32.5 Å². The van der Waals surface area contributed by atoms with Crippen molar-refractivity contribution in [3.8, 4) is 39.6 Å². The fourth-order valence-corrected chi connectivity index (χ4v) is 8.52. The lowest BCUT2D eigenvalue weighted by molar-refractivity contribution is 0.660. The molecule has 0 amide bonds. The van der Waals surface area contributed by atoms with Crippen LogP contribution >= 0.6 is 0 Å². The molecule has 1 aliphatic rings. The zero-order valence-corrected chi connectivity index (χ0v) is 27.3. The number of benzene rings is 8. The first-order chi connectivity index (χ1) is 24.0. The van der Waals surface area contributed by atoms with Gasteiger partial charge in [0.1, 0.15) is 0 Å². The van der Waals surface area contributed by atoms with E-state index in [-0.39, 0.29) is 5.41 Å². The van der Waals surface area contributed by atoms with Crippen LogP contribution in [-0.4, -0.2) is 4.98 Å². The van der Waals surface area contributed by atoms with Crippen LogP contribution in [0.2, 0.25) is 0 Å². The standard InChI is InChI=1S/C47H30N2/c1-47(2)41-24-28(27-48)20-22-34(41)35-23-21-30(25-42(35)47)39-26-40-43(36-17-9-7-16-33(36)39)44-37-18-10-6-14-31(37)32-15-8-11-19-38(32)46(44)49-45(40)29-12-4-3-5-13-29/h3-26H,1-2H3. The largest absolute Gasteiger partial charge is 0.246 e.